The van der Waals surface area contributed by atoms with Gasteiger partial charge in [-0.1, -0.05) is 46.9 Å². The second-order valence-electron chi connectivity index (χ2n) is 8.72. The minimum atomic E-state index is -0.455. The SMILES string of the molecule is Cc1cc(C)c2oc(-c3ccc(Cl)c(NC(=S)NC(=O)/C=C/c4ccc(-c5cccc(Cl)c5Cl)o4)c3)nc2c1. The molecule has 0 fully saturated rings. The second-order valence-corrected chi connectivity index (χ2v) is 10.3. The Labute approximate surface area is 244 Å². The fraction of sp³-hybridized carbons (Fsp3) is 0.0690. The van der Waals surface area contributed by atoms with Gasteiger partial charge in [-0.25, -0.2) is 4.98 Å². The van der Waals surface area contributed by atoms with Crippen LogP contribution in [-0.2, 0) is 4.79 Å². The van der Waals surface area contributed by atoms with Crippen LogP contribution >= 0.6 is 47.0 Å². The minimum Gasteiger partial charge on any atom is -0.457 e. The number of rotatable bonds is 5. The van der Waals surface area contributed by atoms with Crippen LogP contribution in [0.3, 0.4) is 0 Å². The van der Waals surface area contributed by atoms with Gasteiger partial charge in [-0.15, -0.1) is 0 Å². The molecule has 5 rings (SSSR count). The molecule has 0 unspecified atom stereocenters. The predicted molar refractivity (Wildman–Crippen MR) is 161 cm³/mol. The van der Waals surface area contributed by atoms with E-state index in [0.29, 0.717) is 49.3 Å². The van der Waals surface area contributed by atoms with E-state index >= 15 is 0 Å². The standard InChI is InChI=1S/C29H20Cl3N3O3S/c1-15-12-16(2)27-23(13-15)33-28(38-27)17-6-9-20(30)22(14-17)34-29(39)35-25(36)11-8-18-7-10-24(37-18)19-4-3-5-21(31)26(19)32/h3-14H,1-2H3,(H2,34,35,36,39)/b11-8+. The highest BCUT2D eigenvalue weighted by atomic mass is 35.5. The van der Waals surface area contributed by atoms with Crippen molar-refractivity contribution in [3.63, 3.8) is 0 Å². The first-order valence-corrected chi connectivity index (χ1v) is 13.2. The first kappa shape index (κ1) is 27.0. The summed E-state index contributed by atoms with van der Waals surface area (Å²) in [7, 11) is 0. The molecule has 196 valence electrons. The second kappa shape index (κ2) is 11.2. The number of hydrogen-bond acceptors (Lipinski definition) is 5. The van der Waals surface area contributed by atoms with Gasteiger partial charge in [0.2, 0.25) is 11.8 Å². The third kappa shape index (κ3) is 6.02. The molecule has 0 aliphatic rings. The molecule has 0 saturated heterocycles. The largest absolute Gasteiger partial charge is 0.457 e. The molecule has 2 heterocycles. The van der Waals surface area contributed by atoms with Crippen molar-refractivity contribution in [2.24, 2.45) is 0 Å². The van der Waals surface area contributed by atoms with E-state index in [0.717, 1.165) is 22.2 Å². The molecule has 39 heavy (non-hydrogen) atoms. The van der Waals surface area contributed by atoms with E-state index in [2.05, 4.69) is 15.6 Å². The fourth-order valence-corrected chi connectivity index (χ4v) is 4.77. The van der Waals surface area contributed by atoms with Gasteiger partial charge >= 0.3 is 0 Å². The Kier molecular flexibility index (Phi) is 7.77. The van der Waals surface area contributed by atoms with Gasteiger partial charge in [-0.3, -0.25) is 10.1 Å². The molecular formula is C29H20Cl3N3O3S. The van der Waals surface area contributed by atoms with Gasteiger partial charge in [0.25, 0.3) is 0 Å². The van der Waals surface area contributed by atoms with Crippen LogP contribution in [0.15, 0.2) is 75.6 Å². The molecule has 0 atom stereocenters. The number of halogens is 3. The highest BCUT2D eigenvalue weighted by Crippen LogP contribution is 2.35. The number of oxazole rings is 1. The Hall–Kier alpha value is -3.62. The van der Waals surface area contributed by atoms with Crippen molar-refractivity contribution < 1.29 is 13.6 Å². The first-order valence-electron chi connectivity index (χ1n) is 11.7. The first-order chi connectivity index (χ1) is 18.7. The Balaban J connectivity index is 1.25. The van der Waals surface area contributed by atoms with E-state index in [9.17, 15) is 4.79 Å². The number of fused-ring (bicyclic) bond motifs is 1. The van der Waals surface area contributed by atoms with E-state index in [1.807, 2.05) is 26.0 Å². The number of aryl methyl sites for hydroxylation is 2. The summed E-state index contributed by atoms with van der Waals surface area (Å²) in [5.41, 5.74) is 5.47. The lowest BCUT2D eigenvalue weighted by atomic mass is 10.1. The van der Waals surface area contributed by atoms with Crippen molar-refractivity contribution in [1.29, 1.82) is 0 Å². The number of furan rings is 1. The number of thiocarbonyl (C=S) groups is 1. The normalized spacial score (nSPS) is 11.3. The number of benzene rings is 3. The number of anilines is 1. The monoisotopic (exact) mass is 595 g/mol. The maximum absolute atomic E-state index is 12.5. The summed E-state index contributed by atoms with van der Waals surface area (Å²) in [5.74, 6) is 0.976. The van der Waals surface area contributed by atoms with Gasteiger partial charge in [-0.05, 0) is 91.8 Å². The van der Waals surface area contributed by atoms with E-state index in [-0.39, 0.29) is 5.11 Å². The number of hydrogen-bond donors (Lipinski definition) is 2. The third-order valence-electron chi connectivity index (χ3n) is 5.76. The summed E-state index contributed by atoms with van der Waals surface area (Å²) in [6, 6.07) is 18.0. The van der Waals surface area contributed by atoms with E-state index in [1.54, 1.807) is 48.5 Å². The molecule has 0 bridgehead atoms. The molecule has 10 heteroatoms. The number of nitrogens with one attached hydrogen (secondary N) is 2. The molecule has 2 N–H and O–H groups in total. The molecular weight excluding hydrogens is 577 g/mol. The van der Waals surface area contributed by atoms with Crippen LogP contribution in [0.4, 0.5) is 5.69 Å². The molecule has 0 spiro atoms. The Morgan fingerprint density at radius 2 is 1.79 bits per heavy atom. The number of amides is 1. The Morgan fingerprint density at radius 1 is 0.974 bits per heavy atom. The molecule has 1 amide bonds. The zero-order chi connectivity index (χ0) is 27.7. The summed E-state index contributed by atoms with van der Waals surface area (Å²) < 4.78 is 11.8. The summed E-state index contributed by atoms with van der Waals surface area (Å²) >= 11 is 24.0. The van der Waals surface area contributed by atoms with Crippen LogP contribution in [0.25, 0.3) is 40.0 Å². The van der Waals surface area contributed by atoms with Crippen LogP contribution in [-0.4, -0.2) is 16.0 Å². The molecule has 0 saturated carbocycles. The molecule has 0 radical (unpaired) electrons. The van der Waals surface area contributed by atoms with Gasteiger partial charge in [0, 0.05) is 17.2 Å². The Morgan fingerprint density at radius 3 is 2.62 bits per heavy atom. The maximum Gasteiger partial charge on any atom is 0.250 e. The lowest BCUT2D eigenvalue weighted by Crippen LogP contribution is -2.32. The fourth-order valence-electron chi connectivity index (χ4n) is 4.00. The molecule has 5 aromatic rings. The van der Waals surface area contributed by atoms with Gasteiger partial charge in [0.15, 0.2) is 10.7 Å². The minimum absolute atomic E-state index is 0.0681. The van der Waals surface area contributed by atoms with Gasteiger partial charge in [-0.2, -0.15) is 0 Å². The Bertz CT molecular complexity index is 1770. The van der Waals surface area contributed by atoms with Crippen LogP contribution < -0.4 is 10.6 Å². The summed E-state index contributed by atoms with van der Waals surface area (Å²) in [5, 5.41) is 6.84. The van der Waals surface area contributed by atoms with Crippen molar-refractivity contribution in [2.75, 3.05) is 5.32 Å². The van der Waals surface area contributed by atoms with Crippen molar-refractivity contribution in [2.45, 2.75) is 13.8 Å². The highest BCUT2D eigenvalue weighted by Gasteiger charge is 2.14. The maximum atomic E-state index is 12.5. The average molecular weight is 597 g/mol. The lowest BCUT2D eigenvalue weighted by molar-refractivity contribution is -0.115. The molecule has 0 aliphatic heterocycles. The van der Waals surface area contributed by atoms with Crippen LogP contribution in [0.2, 0.25) is 15.1 Å². The van der Waals surface area contributed by atoms with Gasteiger partial charge in [0.1, 0.15) is 17.0 Å². The number of aromatic nitrogens is 1. The zero-order valence-corrected chi connectivity index (χ0v) is 23.7. The molecule has 2 aromatic heterocycles. The quantitative estimate of drug-likeness (QED) is 0.156. The van der Waals surface area contributed by atoms with E-state index in [1.165, 1.54) is 12.2 Å². The van der Waals surface area contributed by atoms with Crippen molar-refractivity contribution >= 4 is 80.9 Å². The number of carbonyl (C=O) groups excluding carboxylic acids is 1. The van der Waals surface area contributed by atoms with Gasteiger partial charge < -0.3 is 14.2 Å². The lowest BCUT2D eigenvalue weighted by Gasteiger charge is -2.10. The summed E-state index contributed by atoms with van der Waals surface area (Å²) in [6.07, 6.45) is 2.82. The highest BCUT2D eigenvalue weighted by molar-refractivity contribution is 7.80. The number of carbonyl (C=O) groups is 1. The molecule has 3 aromatic carbocycles. The average Bonchev–Trinajstić information content (AvgIpc) is 3.53. The zero-order valence-electron chi connectivity index (χ0n) is 20.6. The van der Waals surface area contributed by atoms with E-state index < -0.39 is 5.91 Å². The van der Waals surface area contributed by atoms with Crippen molar-refractivity contribution in [3.8, 4) is 22.8 Å². The number of nitrogens with zero attached hydrogens (tertiary/aromatic N) is 1. The summed E-state index contributed by atoms with van der Waals surface area (Å²) in [4.78, 5) is 17.1. The van der Waals surface area contributed by atoms with Crippen LogP contribution in [0.5, 0.6) is 0 Å². The van der Waals surface area contributed by atoms with Crippen LogP contribution in [0, 0.1) is 13.8 Å². The van der Waals surface area contributed by atoms with Gasteiger partial charge in [0.05, 0.1) is 20.8 Å². The predicted octanol–water partition coefficient (Wildman–Crippen LogP) is 8.86. The van der Waals surface area contributed by atoms with Crippen molar-refractivity contribution in [3.05, 3.63) is 98.7 Å². The van der Waals surface area contributed by atoms with E-state index in [4.69, 9.17) is 55.9 Å². The van der Waals surface area contributed by atoms with Crippen LogP contribution in [0.1, 0.15) is 16.9 Å². The molecule has 0 aliphatic carbocycles. The smallest absolute Gasteiger partial charge is 0.250 e. The van der Waals surface area contributed by atoms with Crippen molar-refractivity contribution in [1.82, 2.24) is 10.3 Å². The summed E-state index contributed by atoms with van der Waals surface area (Å²) in [6.45, 7) is 3.99. The third-order valence-corrected chi connectivity index (χ3v) is 7.11. The topological polar surface area (TPSA) is 80.3 Å². The molecule has 6 nitrogen and oxygen atoms in total.